The quantitative estimate of drug-likeness (QED) is 0.290. The van der Waals surface area contributed by atoms with Crippen LogP contribution in [-0.4, -0.2) is 25.9 Å². The number of hydrogen-bond donors (Lipinski definition) is 0. The molecule has 0 aromatic heterocycles. The molecular weight excluding hydrogens is 494 g/mol. The molecule has 4 fully saturated rings. The van der Waals surface area contributed by atoms with Crippen molar-refractivity contribution in [3.05, 3.63) is 36.4 Å². The van der Waals surface area contributed by atoms with E-state index in [1.807, 2.05) is 0 Å². The van der Waals surface area contributed by atoms with Gasteiger partial charge in [0.15, 0.2) is 11.5 Å². The van der Waals surface area contributed by atoms with Crippen molar-refractivity contribution in [1.29, 1.82) is 0 Å². The summed E-state index contributed by atoms with van der Waals surface area (Å²) in [5.41, 5.74) is 0. The monoisotopic (exact) mass is 544 g/mol. The molecule has 2 unspecified atom stereocenters. The second kappa shape index (κ2) is 13.8. The van der Waals surface area contributed by atoms with E-state index < -0.39 is 11.6 Å². The van der Waals surface area contributed by atoms with E-state index in [1.165, 1.54) is 89.2 Å². The summed E-state index contributed by atoms with van der Waals surface area (Å²) in [6.45, 7) is 7.42. The van der Waals surface area contributed by atoms with Crippen molar-refractivity contribution in [1.82, 2.24) is 0 Å². The standard InChI is InChI=1S/C34H50F2O3/c1-3-23-5-9-25(10-6-23)26-13-15-28(16-14-26)30-18-17-29(22-39-30)27-11-7-24(8-12-27)21-38-32-20-19-31(37-4-2)33(35)34(32)36/h3,19-20,23-30H,1,4-18,21-22H2,2H3. The second-order valence-electron chi connectivity index (χ2n) is 13.0. The summed E-state index contributed by atoms with van der Waals surface area (Å²) in [6, 6.07) is 2.93. The van der Waals surface area contributed by atoms with Gasteiger partial charge in [-0.15, -0.1) is 6.58 Å². The highest BCUT2D eigenvalue weighted by molar-refractivity contribution is 5.35. The number of hydrogen-bond acceptors (Lipinski definition) is 3. The zero-order chi connectivity index (χ0) is 27.2. The van der Waals surface area contributed by atoms with Gasteiger partial charge in [-0.3, -0.25) is 0 Å². The van der Waals surface area contributed by atoms with Crippen LogP contribution in [0.15, 0.2) is 24.8 Å². The smallest absolute Gasteiger partial charge is 0.204 e. The molecule has 0 N–H and O–H groups in total. The maximum atomic E-state index is 14.3. The van der Waals surface area contributed by atoms with Gasteiger partial charge in [0.05, 0.1) is 25.9 Å². The van der Waals surface area contributed by atoms with Crippen LogP contribution in [0.2, 0.25) is 0 Å². The molecule has 2 atom stereocenters. The molecule has 3 nitrogen and oxygen atoms in total. The van der Waals surface area contributed by atoms with Crippen LogP contribution in [0.1, 0.15) is 96.8 Å². The van der Waals surface area contributed by atoms with E-state index in [9.17, 15) is 8.78 Å². The van der Waals surface area contributed by atoms with Crippen molar-refractivity contribution in [3.63, 3.8) is 0 Å². The van der Waals surface area contributed by atoms with Crippen LogP contribution < -0.4 is 9.47 Å². The minimum atomic E-state index is -0.965. The molecule has 4 aliphatic rings. The Bertz CT molecular complexity index is 903. The van der Waals surface area contributed by atoms with Gasteiger partial charge in [0.25, 0.3) is 0 Å². The number of rotatable bonds is 9. The predicted molar refractivity (Wildman–Crippen MR) is 152 cm³/mol. The predicted octanol–water partition coefficient (Wildman–Crippen LogP) is 9.14. The average molecular weight is 545 g/mol. The molecule has 1 aliphatic heterocycles. The zero-order valence-electron chi connectivity index (χ0n) is 24.1. The molecule has 0 bridgehead atoms. The van der Waals surface area contributed by atoms with E-state index in [2.05, 4.69) is 12.7 Å². The van der Waals surface area contributed by atoms with E-state index in [0.717, 1.165) is 49.0 Å². The van der Waals surface area contributed by atoms with Gasteiger partial charge in [-0.05, 0) is 150 Å². The van der Waals surface area contributed by atoms with Crippen molar-refractivity contribution in [2.75, 3.05) is 19.8 Å². The fourth-order valence-electron chi connectivity index (χ4n) is 8.30. The first-order valence-electron chi connectivity index (χ1n) is 16.0. The van der Waals surface area contributed by atoms with Crippen LogP contribution in [0.4, 0.5) is 8.78 Å². The molecule has 0 radical (unpaired) electrons. The summed E-state index contributed by atoms with van der Waals surface area (Å²) in [5, 5.41) is 0. The minimum Gasteiger partial charge on any atom is -0.491 e. The van der Waals surface area contributed by atoms with E-state index in [1.54, 1.807) is 6.92 Å². The molecule has 1 aromatic rings. The molecule has 0 amide bonds. The topological polar surface area (TPSA) is 27.7 Å². The van der Waals surface area contributed by atoms with Crippen LogP contribution in [0, 0.1) is 53.1 Å². The first-order valence-corrected chi connectivity index (χ1v) is 16.0. The lowest BCUT2D eigenvalue weighted by molar-refractivity contribution is -0.0760. The van der Waals surface area contributed by atoms with Gasteiger partial charge >= 0.3 is 0 Å². The van der Waals surface area contributed by atoms with E-state index in [4.69, 9.17) is 14.2 Å². The summed E-state index contributed by atoms with van der Waals surface area (Å²) in [6.07, 6.45) is 20.9. The Morgan fingerprint density at radius 2 is 1.23 bits per heavy atom. The number of allylic oxidation sites excluding steroid dienone is 1. The van der Waals surface area contributed by atoms with Gasteiger partial charge in [0, 0.05) is 0 Å². The molecule has 0 spiro atoms. The molecule has 1 saturated heterocycles. The third-order valence-corrected chi connectivity index (χ3v) is 10.8. The van der Waals surface area contributed by atoms with Gasteiger partial charge in [0.2, 0.25) is 11.6 Å². The second-order valence-corrected chi connectivity index (χ2v) is 13.0. The van der Waals surface area contributed by atoms with Gasteiger partial charge in [0.1, 0.15) is 0 Å². The lowest BCUT2D eigenvalue weighted by Gasteiger charge is -2.42. The Balaban J connectivity index is 0.987. The minimum absolute atomic E-state index is 0.0149. The largest absolute Gasteiger partial charge is 0.491 e. The lowest BCUT2D eigenvalue weighted by atomic mass is 9.67. The summed E-state index contributed by atoms with van der Waals surface area (Å²) >= 11 is 0. The molecule has 39 heavy (non-hydrogen) atoms. The van der Waals surface area contributed by atoms with Crippen LogP contribution in [0.25, 0.3) is 0 Å². The molecule has 1 heterocycles. The Kier molecular flexibility index (Phi) is 10.2. The van der Waals surface area contributed by atoms with Crippen molar-refractivity contribution >= 4 is 0 Å². The summed E-state index contributed by atoms with van der Waals surface area (Å²) < 4.78 is 45.9. The van der Waals surface area contributed by atoms with Crippen LogP contribution in [0.3, 0.4) is 0 Å². The van der Waals surface area contributed by atoms with Gasteiger partial charge in [-0.2, -0.15) is 8.78 Å². The molecule has 3 saturated carbocycles. The Morgan fingerprint density at radius 3 is 1.79 bits per heavy atom. The fraction of sp³-hybridized carbons (Fsp3) is 0.765. The maximum absolute atomic E-state index is 14.3. The number of benzene rings is 1. The Morgan fingerprint density at radius 1 is 0.718 bits per heavy atom. The van der Waals surface area contributed by atoms with Crippen LogP contribution >= 0.6 is 0 Å². The average Bonchev–Trinajstić information content (AvgIpc) is 3.00. The highest BCUT2D eigenvalue weighted by atomic mass is 19.2. The SMILES string of the molecule is C=CC1CCC(C2CCC(C3CCC(C4CCC(COc5ccc(OCC)c(F)c5F)CC4)CO3)CC2)CC1. The van der Waals surface area contributed by atoms with Crippen molar-refractivity contribution in [2.24, 2.45) is 41.4 Å². The number of halogens is 2. The summed E-state index contributed by atoms with van der Waals surface area (Å²) in [7, 11) is 0. The third-order valence-electron chi connectivity index (χ3n) is 10.8. The summed E-state index contributed by atoms with van der Waals surface area (Å²) in [4.78, 5) is 0. The Hall–Kier alpha value is -1.62. The summed E-state index contributed by atoms with van der Waals surface area (Å²) in [5.74, 6) is 3.26. The fourth-order valence-corrected chi connectivity index (χ4v) is 8.30. The van der Waals surface area contributed by atoms with Gasteiger partial charge in [-0.1, -0.05) is 6.08 Å². The van der Waals surface area contributed by atoms with Crippen molar-refractivity contribution in [3.8, 4) is 11.5 Å². The van der Waals surface area contributed by atoms with E-state index >= 15 is 0 Å². The van der Waals surface area contributed by atoms with Crippen LogP contribution in [-0.2, 0) is 4.74 Å². The first-order chi connectivity index (χ1) is 19.1. The van der Waals surface area contributed by atoms with Gasteiger partial charge in [-0.25, -0.2) is 0 Å². The number of ether oxygens (including phenoxy) is 3. The van der Waals surface area contributed by atoms with Gasteiger partial charge < -0.3 is 14.2 Å². The normalized spacial score (nSPS) is 35.8. The maximum Gasteiger partial charge on any atom is 0.204 e. The third kappa shape index (κ3) is 7.18. The van der Waals surface area contributed by atoms with Crippen molar-refractivity contribution < 1.29 is 23.0 Å². The lowest BCUT2D eigenvalue weighted by Crippen LogP contribution is -2.38. The molecular formula is C34H50F2O3. The molecule has 5 heteroatoms. The highest BCUT2D eigenvalue weighted by Crippen LogP contribution is 2.45. The van der Waals surface area contributed by atoms with E-state index in [0.29, 0.717) is 31.2 Å². The molecule has 1 aromatic carbocycles. The van der Waals surface area contributed by atoms with Crippen molar-refractivity contribution in [2.45, 2.75) is 103 Å². The highest BCUT2D eigenvalue weighted by Gasteiger charge is 2.37. The molecule has 3 aliphatic carbocycles. The first kappa shape index (κ1) is 28.9. The Labute approximate surface area is 235 Å². The molecule has 5 rings (SSSR count). The molecule has 218 valence electrons. The van der Waals surface area contributed by atoms with E-state index in [-0.39, 0.29) is 11.5 Å². The zero-order valence-corrected chi connectivity index (χ0v) is 24.1. The van der Waals surface area contributed by atoms with Crippen LogP contribution in [0.5, 0.6) is 11.5 Å².